The van der Waals surface area contributed by atoms with E-state index in [-0.39, 0.29) is 17.6 Å². The maximum absolute atomic E-state index is 12.6. The van der Waals surface area contributed by atoms with Crippen molar-refractivity contribution in [1.29, 1.82) is 5.26 Å². The average Bonchev–Trinajstić information content (AvgIpc) is 3.01. The number of hydrogen-bond acceptors (Lipinski definition) is 4. The molecule has 2 atom stereocenters. The molecular formula is C19H16ClF3N4O. The van der Waals surface area contributed by atoms with E-state index in [1.165, 1.54) is 0 Å². The van der Waals surface area contributed by atoms with Crippen LogP contribution in [-0.2, 0) is 6.18 Å². The van der Waals surface area contributed by atoms with Crippen molar-refractivity contribution < 1.29 is 18.0 Å². The number of nitrogens with zero attached hydrogens (tertiary/aromatic N) is 3. The average molecular weight is 409 g/mol. The summed E-state index contributed by atoms with van der Waals surface area (Å²) in [7, 11) is 0. The first-order valence-corrected chi connectivity index (χ1v) is 8.89. The summed E-state index contributed by atoms with van der Waals surface area (Å²) in [6.07, 6.45) is -2.95. The fraction of sp³-hybridized carbons (Fsp3) is 0.316. The first-order chi connectivity index (χ1) is 13.2. The highest BCUT2D eigenvalue weighted by atomic mass is 35.5. The van der Waals surface area contributed by atoms with Crippen molar-refractivity contribution in [2.45, 2.75) is 31.6 Å². The maximum atomic E-state index is 12.6. The van der Waals surface area contributed by atoms with Gasteiger partial charge in [0, 0.05) is 24.5 Å². The smallest absolute Gasteiger partial charge is 0.367 e. The zero-order valence-corrected chi connectivity index (χ0v) is 15.6. The van der Waals surface area contributed by atoms with Crippen molar-refractivity contribution >= 4 is 23.2 Å². The Kier molecular flexibility index (Phi) is 5.47. The van der Waals surface area contributed by atoms with E-state index in [4.69, 9.17) is 16.9 Å². The molecule has 1 saturated heterocycles. The topological polar surface area (TPSA) is 69.0 Å². The van der Waals surface area contributed by atoms with Crippen molar-refractivity contribution in [3.63, 3.8) is 0 Å². The number of pyridine rings is 1. The predicted molar refractivity (Wildman–Crippen MR) is 98.1 cm³/mol. The molecule has 5 nitrogen and oxygen atoms in total. The quantitative estimate of drug-likeness (QED) is 0.832. The van der Waals surface area contributed by atoms with Gasteiger partial charge in [0.15, 0.2) is 0 Å². The number of rotatable bonds is 3. The van der Waals surface area contributed by atoms with Crippen molar-refractivity contribution in [1.82, 2.24) is 10.3 Å². The van der Waals surface area contributed by atoms with Gasteiger partial charge in [-0.05, 0) is 43.7 Å². The summed E-state index contributed by atoms with van der Waals surface area (Å²) in [5.41, 5.74) is 0.253. The van der Waals surface area contributed by atoms with Crippen LogP contribution in [0.1, 0.15) is 35.0 Å². The number of carbonyl (C=O) groups excluding carboxylic acids is 1. The van der Waals surface area contributed by atoms with E-state index in [1.54, 1.807) is 18.2 Å². The minimum Gasteiger partial charge on any atom is -0.367 e. The monoisotopic (exact) mass is 408 g/mol. The van der Waals surface area contributed by atoms with E-state index in [0.29, 0.717) is 23.6 Å². The molecule has 1 N–H and O–H groups in total. The molecule has 1 aliphatic rings. The number of halogens is 4. The second-order valence-electron chi connectivity index (χ2n) is 6.51. The first-order valence-electron chi connectivity index (χ1n) is 8.51. The first kappa shape index (κ1) is 20.0. The van der Waals surface area contributed by atoms with Gasteiger partial charge >= 0.3 is 6.18 Å². The number of anilines is 1. The second-order valence-corrected chi connectivity index (χ2v) is 6.92. The van der Waals surface area contributed by atoms with Gasteiger partial charge in [-0.2, -0.15) is 18.4 Å². The highest BCUT2D eigenvalue weighted by Crippen LogP contribution is 2.30. The fourth-order valence-corrected chi connectivity index (χ4v) is 3.44. The van der Waals surface area contributed by atoms with E-state index < -0.39 is 17.8 Å². The number of benzene rings is 1. The molecule has 1 amide bonds. The Bertz CT molecular complexity index is 924. The SMILES string of the molecule is C[C@H]1[C@@H](NC(=O)c2ccc(C(F)(F)F)nc2)CCN1c1ccc(C#N)c(Cl)c1. The van der Waals surface area contributed by atoms with E-state index in [1.807, 2.05) is 13.0 Å². The molecule has 9 heteroatoms. The van der Waals surface area contributed by atoms with Crippen LogP contribution in [0.3, 0.4) is 0 Å². The van der Waals surface area contributed by atoms with Crippen molar-refractivity contribution in [2.75, 3.05) is 11.4 Å². The summed E-state index contributed by atoms with van der Waals surface area (Å²) in [5, 5.41) is 12.2. The molecule has 2 aromatic rings. The van der Waals surface area contributed by atoms with E-state index in [0.717, 1.165) is 24.0 Å². The number of aromatic nitrogens is 1. The lowest BCUT2D eigenvalue weighted by molar-refractivity contribution is -0.141. The minimum absolute atomic E-state index is 0.0599. The van der Waals surface area contributed by atoms with Gasteiger partial charge in [-0.1, -0.05) is 11.6 Å². The molecule has 1 aliphatic heterocycles. The highest BCUT2D eigenvalue weighted by molar-refractivity contribution is 6.32. The number of alkyl halides is 3. The molecule has 0 unspecified atom stereocenters. The highest BCUT2D eigenvalue weighted by Gasteiger charge is 2.34. The van der Waals surface area contributed by atoms with Crippen LogP contribution in [0.5, 0.6) is 0 Å². The van der Waals surface area contributed by atoms with Gasteiger partial charge in [-0.15, -0.1) is 0 Å². The molecule has 0 radical (unpaired) electrons. The third-order valence-electron chi connectivity index (χ3n) is 4.79. The molecule has 28 heavy (non-hydrogen) atoms. The second kappa shape index (κ2) is 7.68. The largest absolute Gasteiger partial charge is 0.433 e. The van der Waals surface area contributed by atoms with Crippen molar-refractivity contribution in [3.05, 3.63) is 58.4 Å². The summed E-state index contributed by atoms with van der Waals surface area (Å²) >= 11 is 6.10. The lowest BCUT2D eigenvalue weighted by atomic mass is 10.1. The molecule has 0 spiro atoms. The maximum Gasteiger partial charge on any atom is 0.433 e. The van der Waals surface area contributed by atoms with Gasteiger partial charge in [0.2, 0.25) is 0 Å². The minimum atomic E-state index is -4.54. The van der Waals surface area contributed by atoms with Gasteiger partial charge in [0.25, 0.3) is 5.91 Å². The Morgan fingerprint density at radius 1 is 1.36 bits per heavy atom. The summed E-state index contributed by atoms with van der Waals surface area (Å²) in [6, 6.07) is 8.81. The summed E-state index contributed by atoms with van der Waals surface area (Å²) in [4.78, 5) is 17.8. The summed E-state index contributed by atoms with van der Waals surface area (Å²) in [6.45, 7) is 2.61. The van der Waals surface area contributed by atoms with Crippen LogP contribution < -0.4 is 10.2 Å². The molecule has 0 bridgehead atoms. The summed E-state index contributed by atoms with van der Waals surface area (Å²) in [5.74, 6) is -0.474. The normalized spacial score (nSPS) is 19.4. The number of nitrogens with one attached hydrogen (secondary N) is 1. The summed E-state index contributed by atoms with van der Waals surface area (Å²) < 4.78 is 37.8. The molecule has 0 aliphatic carbocycles. The fourth-order valence-electron chi connectivity index (χ4n) is 3.22. The van der Waals surface area contributed by atoms with Gasteiger partial charge in [-0.3, -0.25) is 9.78 Å². The molecule has 0 saturated carbocycles. The van der Waals surface area contributed by atoms with Gasteiger partial charge in [0.05, 0.1) is 22.2 Å². The molecule has 1 fully saturated rings. The number of hydrogen-bond donors (Lipinski definition) is 1. The Morgan fingerprint density at radius 2 is 2.11 bits per heavy atom. The van der Waals surface area contributed by atoms with Gasteiger partial charge in [0.1, 0.15) is 11.8 Å². The van der Waals surface area contributed by atoms with E-state index in [9.17, 15) is 18.0 Å². The van der Waals surface area contributed by atoms with Crippen LogP contribution in [0.2, 0.25) is 5.02 Å². The van der Waals surface area contributed by atoms with Crippen LogP contribution in [0.25, 0.3) is 0 Å². The lowest BCUT2D eigenvalue weighted by Crippen LogP contribution is -2.43. The predicted octanol–water partition coefficient (Wildman–Crippen LogP) is 4.02. The molecule has 146 valence electrons. The van der Waals surface area contributed by atoms with Gasteiger partial charge in [-0.25, -0.2) is 0 Å². The standard InChI is InChI=1S/C19H16ClF3N4O/c1-11-16(6-7-27(11)14-4-2-12(9-24)15(20)8-14)26-18(28)13-3-5-17(25-10-13)19(21,22)23/h2-5,8,10-11,16H,6-7H2,1H3,(H,26,28)/t11-,16-/m0/s1. The molecule has 1 aromatic heterocycles. The Morgan fingerprint density at radius 3 is 2.68 bits per heavy atom. The number of amides is 1. The van der Waals surface area contributed by atoms with Gasteiger partial charge < -0.3 is 10.2 Å². The number of nitriles is 1. The Labute approximate surface area is 164 Å². The number of carbonyl (C=O) groups is 1. The van der Waals surface area contributed by atoms with Crippen LogP contribution in [0.4, 0.5) is 18.9 Å². The molecule has 2 heterocycles. The lowest BCUT2D eigenvalue weighted by Gasteiger charge is -2.27. The molecule has 1 aromatic carbocycles. The van der Waals surface area contributed by atoms with Crippen molar-refractivity contribution in [2.24, 2.45) is 0 Å². The zero-order chi connectivity index (χ0) is 20.5. The third kappa shape index (κ3) is 4.04. The molecular weight excluding hydrogens is 393 g/mol. The van der Waals surface area contributed by atoms with Crippen LogP contribution >= 0.6 is 11.6 Å². The zero-order valence-electron chi connectivity index (χ0n) is 14.8. The molecule has 3 rings (SSSR count). The van der Waals surface area contributed by atoms with E-state index in [2.05, 4.69) is 15.2 Å². The van der Waals surface area contributed by atoms with Crippen molar-refractivity contribution in [3.8, 4) is 6.07 Å². The third-order valence-corrected chi connectivity index (χ3v) is 5.11. The van der Waals surface area contributed by atoms with Crippen LogP contribution in [0.15, 0.2) is 36.5 Å². The Balaban J connectivity index is 1.68. The van der Waals surface area contributed by atoms with Crippen LogP contribution in [0, 0.1) is 11.3 Å². The van der Waals surface area contributed by atoms with E-state index >= 15 is 0 Å². The van der Waals surface area contributed by atoms with Crippen LogP contribution in [-0.4, -0.2) is 29.5 Å². The Hall–Kier alpha value is -2.79.